The third-order valence-corrected chi connectivity index (χ3v) is 3.31. The first kappa shape index (κ1) is 12.5. The number of nitrogens with one attached hydrogen (secondary N) is 1. The number of piperidine rings is 1. The predicted octanol–water partition coefficient (Wildman–Crippen LogP) is -0.0336. The van der Waals surface area contributed by atoms with Crippen LogP contribution in [-0.4, -0.2) is 52.1 Å². The maximum Gasteiger partial charge on any atom is 0.0798 e. The second kappa shape index (κ2) is 5.16. The average molecular weight is 238 g/mol. The highest BCUT2D eigenvalue weighted by atomic mass is 16.3. The zero-order valence-corrected chi connectivity index (χ0v) is 10.7. The largest absolute Gasteiger partial charge is 0.388 e. The van der Waals surface area contributed by atoms with E-state index in [9.17, 15) is 5.11 Å². The molecular weight excluding hydrogens is 216 g/mol. The maximum atomic E-state index is 10.4. The highest BCUT2D eigenvalue weighted by Gasteiger charge is 2.30. The van der Waals surface area contributed by atoms with E-state index in [4.69, 9.17) is 0 Å². The summed E-state index contributed by atoms with van der Waals surface area (Å²) in [5, 5.41) is 17.8. The van der Waals surface area contributed by atoms with E-state index in [2.05, 4.69) is 15.3 Å². The molecule has 1 aliphatic heterocycles. The average Bonchev–Trinajstić information content (AvgIpc) is 2.63. The van der Waals surface area contributed by atoms with Crippen molar-refractivity contribution in [1.29, 1.82) is 0 Å². The molecule has 1 aliphatic rings. The summed E-state index contributed by atoms with van der Waals surface area (Å²) in [6.07, 6.45) is 5.57. The Morgan fingerprint density at radius 2 is 2.24 bits per heavy atom. The van der Waals surface area contributed by atoms with Gasteiger partial charge >= 0.3 is 0 Å². The number of nitrogens with zero attached hydrogens (tertiary/aromatic N) is 3. The third kappa shape index (κ3) is 3.52. The lowest BCUT2D eigenvalue weighted by molar-refractivity contribution is -0.0168. The van der Waals surface area contributed by atoms with Crippen molar-refractivity contribution in [3.63, 3.8) is 0 Å². The molecule has 2 heterocycles. The second-order valence-electron chi connectivity index (χ2n) is 5.17. The Balaban J connectivity index is 1.85. The van der Waals surface area contributed by atoms with Crippen molar-refractivity contribution in [3.05, 3.63) is 18.0 Å². The minimum Gasteiger partial charge on any atom is -0.388 e. The van der Waals surface area contributed by atoms with Crippen molar-refractivity contribution in [2.45, 2.75) is 25.0 Å². The number of likely N-dealkylation sites (N-methyl/N-ethyl adjacent to an activating group) is 1. The molecule has 1 aromatic heterocycles. The number of rotatable bonds is 4. The summed E-state index contributed by atoms with van der Waals surface area (Å²) in [6, 6.07) is 0. The zero-order chi connectivity index (χ0) is 12.3. The number of aromatic nitrogens is 2. The molecule has 5 heteroatoms. The molecule has 0 bridgehead atoms. The van der Waals surface area contributed by atoms with Gasteiger partial charge in [-0.2, -0.15) is 5.10 Å². The molecule has 1 saturated heterocycles. The first-order chi connectivity index (χ1) is 8.07. The summed E-state index contributed by atoms with van der Waals surface area (Å²) in [5.74, 6) is 0. The van der Waals surface area contributed by atoms with Gasteiger partial charge in [0.2, 0.25) is 0 Å². The van der Waals surface area contributed by atoms with Gasteiger partial charge in [-0.05, 0) is 33.0 Å². The molecule has 0 aromatic carbocycles. The van der Waals surface area contributed by atoms with Crippen LogP contribution in [0, 0.1) is 0 Å². The van der Waals surface area contributed by atoms with Crippen LogP contribution in [0.5, 0.6) is 0 Å². The van der Waals surface area contributed by atoms with E-state index in [0.717, 1.165) is 39.0 Å². The molecule has 96 valence electrons. The summed E-state index contributed by atoms with van der Waals surface area (Å²) in [5.41, 5.74) is 0.662. The van der Waals surface area contributed by atoms with Crippen molar-refractivity contribution >= 4 is 0 Å². The fraction of sp³-hybridized carbons (Fsp3) is 0.750. The quantitative estimate of drug-likeness (QED) is 0.773. The molecule has 2 rings (SSSR count). The van der Waals surface area contributed by atoms with Crippen LogP contribution in [0.15, 0.2) is 12.4 Å². The van der Waals surface area contributed by atoms with Crippen LogP contribution < -0.4 is 5.32 Å². The Morgan fingerprint density at radius 1 is 1.53 bits per heavy atom. The molecule has 1 aromatic rings. The van der Waals surface area contributed by atoms with Crippen molar-refractivity contribution in [3.8, 4) is 0 Å². The van der Waals surface area contributed by atoms with Crippen molar-refractivity contribution in [2.75, 3.05) is 26.7 Å². The predicted molar refractivity (Wildman–Crippen MR) is 66.6 cm³/mol. The molecule has 1 fully saturated rings. The maximum absolute atomic E-state index is 10.4. The van der Waals surface area contributed by atoms with Crippen LogP contribution in [-0.2, 0) is 13.6 Å². The van der Waals surface area contributed by atoms with Gasteiger partial charge in [0, 0.05) is 31.9 Å². The minimum absolute atomic E-state index is 0.526. The summed E-state index contributed by atoms with van der Waals surface area (Å²) >= 11 is 0. The van der Waals surface area contributed by atoms with Crippen molar-refractivity contribution < 1.29 is 5.11 Å². The molecule has 2 N–H and O–H groups in total. The van der Waals surface area contributed by atoms with E-state index < -0.39 is 5.60 Å². The molecule has 17 heavy (non-hydrogen) atoms. The molecule has 0 aliphatic carbocycles. The molecule has 0 spiro atoms. The van der Waals surface area contributed by atoms with Crippen LogP contribution in [0.4, 0.5) is 0 Å². The van der Waals surface area contributed by atoms with Gasteiger partial charge in [0.15, 0.2) is 0 Å². The molecule has 5 nitrogen and oxygen atoms in total. The Kier molecular flexibility index (Phi) is 3.81. The van der Waals surface area contributed by atoms with Crippen LogP contribution in [0.3, 0.4) is 0 Å². The number of hydrogen-bond donors (Lipinski definition) is 2. The highest BCUT2D eigenvalue weighted by molar-refractivity contribution is 5.03. The summed E-state index contributed by atoms with van der Waals surface area (Å²) < 4.78 is 1.81. The summed E-state index contributed by atoms with van der Waals surface area (Å²) in [4.78, 5) is 2.17. The lowest BCUT2D eigenvalue weighted by atomic mass is 9.92. The molecule has 0 atom stereocenters. The van der Waals surface area contributed by atoms with Gasteiger partial charge in [-0.15, -0.1) is 0 Å². The Labute approximate surface area is 102 Å². The van der Waals surface area contributed by atoms with Crippen molar-refractivity contribution in [1.82, 2.24) is 20.0 Å². The highest BCUT2D eigenvalue weighted by Crippen LogP contribution is 2.19. The van der Waals surface area contributed by atoms with Gasteiger partial charge in [-0.25, -0.2) is 0 Å². The van der Waals surface area contributed by atoms with E-state index in [-0.39, 0.29) is 0 Å². The van der Waals surface area contributed by atoms with Crippen molar-refractivity contribution in [2.24, 2.45) is 7.05 Å². The Bertz CT molecular complexity index is 357. The van der Waals surface area contributed by atoms with Crippen LogP contribution in [0.25, 0.3) is 0 Å². The number of hydrogen-bond acceptors (Lipinski definition) is 4. The first-order valence-corrected chi connectivity index (χ1v) is 6.17. The second-order valence-corrected chi connectivity index (χ2v) is 5.17. The van der Waals surface area contributed by atoms with Crippen LogP contribution in [0.1, 0.15) is 18.4 Å². The van der Waals surface area contributed by atoms with Crippen LogP contribution in [0.2, 0.25) is 0 Å². The van der Waals surface area contributed by atoms with Gasteiger partial charge in [-0.1, -0.05) is 0 Å². The van der Waals surface area contributed by atoms with Gasteiger partial charge in [0.05, 0.1) is 11.8 Å². The van der Waals surface area contributed by atoms with Gasteiger partial charge in [0.25, 0.3) is 0 Å². The van der Waals surface area contributed by atoms with E-state index in [1.165, 1.54) is 5.56 Å². The number of aryl methyl sites for hydroxylation is 1. The minimum atomic E-state index is -0.526. The van der Waals surface area contributed by atoms with Crippen LogP contribution >= 0.6 is 0 Å². The summed E-state index contributed by atoms with van der Waals surface area (Å²) in [6.45, 7) is 3.39. The fourth-order valence-electron chi connectivity index (χ4n) is 2.47. The third-order valence-electron chi connectivity index (χ3n) is 3.31. The standard InChI is InChI=1S/C12H22N4O/c1-15(8-11-7-14-16(2)9-11)10-12(17)3-5-13-6-4-12/h7,9,13,17H,3-6,8,10H2,1-2H3. The van der Waals surface area contributed by atoms with Gasteiger partial charge in [0.1, 0.15) is 0 Å². The Hall–Kier alpha value is -0.910. The fourth-order valence-corrected chi connectivity index (χ4v) is 2.47. The molecule has 0 unspecified atom stereocenters. The Morgan fingerprint density at radius 3 is 2.82 bits per heavy atom. The SMILES string of the molecule is CN(Cc1cnn(C)c1)CC1(O)CCNCC1. The zero-order valence-electron chi connectivity index (χ0n) is 10.7. The first-order valence-electron chi connectivity index (χ1n) is 6.17. The van der Waals surface area contributed by atoms with E-state index in [0.29, 0.717) is 0 Å². The normalized spacial score (nSPS) is 19.8. The lowest BCUT2D eigenvalue weighted by Crippen LogP contribution is -2.48. The molecule has 0 amide bonds. The van der Waals surface area contributed by atoms with E-state index in [1.54, 1.807) is 0 Å². The van der Waals surface area contributed by atoms with Gasteiger partial charge in [-0.3, -0.25) is 9.58 Å². The summed E-state index contributed by atoms with van der Waals surface area (Å²) in [7, 11) is 3.97. The molecule has 0 radical (unpaired) electrons. The molecular formula is C12H22N4O. The number of aliphatic hydroxyl groups is 1. The van der Waals surface area contributed by atoms with E-state index in [1.807, 2.05) is 31.2 Å². The lowest BCUT2D eigenvalue weighted by Gasteiger charge is -2.35. The smallest absolute Gasteiger partial charge is 0.0798 e. The van der Waals surface area contributed by atoms with Gasteiger partial charge < -0.3 is 10.4 Å². The molecule has 0 saturated carbocycles. The topological polar surface area (TPSA) is 53.3 Å². The monoisotopic (exact) mass is 238 g/mol. The van der Waals surface area contributed by atoms with E-state index >= 15 is 0 Å².